The van der Waals surface area contributed by atoms with Gasteiger partial charge in [-0.3, -0.25) is 0 Å². The fraction of sp³-hybridized carbons (Fsp3) is 0.533. The van der Waals surface area contributed by atoms with E-state index in [9.17, 15) is 21.6 Å². The molecule has 7 nitrogen and oxygen atoms in total. The second kappa shape index (κ2) is 10.3. The predicted molar refractivity (Wildman–Crippen MR) is 92.9 cm³/mol. The van der Waals surface area contributed by atoms with Gasteiger partial charge in [-0.05, 0) is 18.1 Å². The minimum absolute atomic E-state index is 0.124. The number of hydrogen-bond acceptors (Lipinski definition) is 4. The molecule has 0 saturated heterocycles. The van der Waals surface area contributed by atoms with Gasteiger partial charge in [-0.2, -0.15) is 13.2 Å². The third kappa shape index (κ3) is 10.9. The van der Waals surface area contributed by atoms with Crippen molar-refractivity contribution >= 4 is 16.0 Å². The molecule has 26 heavy (non-hydrogen) atoms. The lowest BCUT2D eigenvalue weighted by molar-refractivity contribution is -0.176. The van der Waals surface area contributed by atoms with E-state index < -0.39 is 22.8 Å². The van der Waals surface area contributed by atoms with Crippen molar-refractivity contribution in [3.05, 3.63) is 35.4 Å². The molecule has 0 spiro atoms. The molecule has 1 aromatic carbocycles. The van der Waals surface area contributed by atoms with Crippen LogP contribution in [0.15, 0.2) is 29.3 Å². The average molecular weight is 396 g/mol. The minimum Gasteiger partial charge on any atom is -0.367 e. The summed E-state index contributed by atoms with van der Waals surface area (Å²) in [5.41, 5.74) is 1.47. The Morgan fingerprint density at radius 1 is 1.19 bits per heavy atom. The van der Waals surface area contributed by atoms with Crippen LogP contribution in [0.3, 0.4) is 0 Å². The standard InChI is InChI=1S/C15H23F3N4O3S/c1-2-20-14(21-7-8-26(19,23)24)22-9-12-3-5-13(6-4-12)10-25-11-15(16,17)18/h3-6H,2,7-11H2,1H3,(H2,19,23,24)(H2,20,21,22). The average Bonchev–Trinajstić information content (AvgIpc) is 2.51. The summed E-state index contributed by atoms with van der Waals surface area (Å²) in [6.45, 7) is 1.49. The highest BCUT2D eigenvalue weighted by Crippen LogP contribution is 2.16. The van der Waals surface area contributed by atoms with Gasteiger partial charge in [0.15, 0.2) is 5.96 Å². The molecular formula is C15H23F3N4O3S. The number of aliphatic imine (C=N–C) groups is 1. The Bertz CT molecular complexity index is 676. The van der Waals surface area contributed by atoms with Gasteiger partial charge in [0.2, 0.25) is 10.0 Å². The van der Waals surface area contributed by atoms with Gasteiger partial charge in [-0.25, -0.2) is 18.5 Å². The van der Waals surface area contributed by atoms with Crippen LogP contribution in [0, 0.1) is 0 Å². The van der Waals surface area contributed by atoms with Crippen molar-refractivity contribution in [2.45, 2.75) is 26.3 Å². The van der Waals surface area contributed by atoms with E-state index in [0.717, 1.165) is 5.56 Å². The van der Waals surface area contributed by atoms with Gasteiger partial charge >= 0.3 is 6.18 Å². The van der Waals surface area contributed by atoms with Crippen molar-refractivity contribution in [2.75, 3.05) is 25.4 Å². The summed E-state index contributed by atoms with van der Waals surface area (Å²) in [5.74, 6) is 0.220. The molecule has 0 fully saturated rings. The van der Waals surface area contributed by atoms with Crippen LogP contribution >= 0.6 is 0 Å². The first kappa shape index (κ1) is 22.2. The number of nitrogens with two attached hydrogens (primary N) is 1. The smallest absolute Gasteiger partial charge is 0.367 e. The van der Waals surface area contributed by atoms with Gasteiger partial charge < -0.3 is 15.4 Å². The van der Waals surface area contributed by atoms with Gasteiger partial charge in [-0.15, -0.1) is 0 Å². The van der Waals surface area contributed by atoms with Crippen molar-refractivity contribution in [3.63, 3.8) is 0 Å². The van der Waals surface area contributed by atoms with Crippen molar-refractivity contribution in [2.24, 2.45) is 10.1 Å². The number of benzene rings is 1. The Morgan fingerprint density at radius 3 is 2.35 bits per heavy atom. The fourth-order valence-corrected chi connectivity index (χ4v) is 2.24. The maximum absolute atomic E-state index is 12.0. The Labute approximate surface area is 150 Å². The lowest BCUT2D eigenvalue weighted by atomic mass is 10.1. The zero-order valence-electron chi connectivity index (χ0n) is 14.3. The van der Waals surface area contributed by atoms with Crippen LogP contribution in [0.2, 0.25) is 0 Å². The molecule has 11 heteroatoms. The molecule has 0 amide bonds. The summed E-state index contributed by atoms with van der Waals surface area (Å²) < 4.78 is 62.5. The van der Waals surface area contributed by atoms with Gasteiger partial charge in [0, 0.05) is 13.1 Å². The van der Waals surface area contributed by atoms with Gasteiger partial charge in [0.05, 0.1) is 18.9 Å². The SMILES string of the molecule is CCNC(=NCc1ccc(COCC(F)(F)F)cc1)NCCS(N)(=O)=O. The molecule has 0 aliphatic heterocycles. The molecule has 4 N–H and O–H groups in total. The molecule has 0 atom stereocenters. The first-order chi connectivity index (χ1) is 12.1. The fourth-order valence-electron chi connectivity index (χ4n) is 1.85. The van der Waals surface area contributed by atoms with Crippen LogP contribution in [0.1, 0.15) is 18.1 Å². The molecule has 0 heterocycles. The first-order valence-electron chi connectivity index (χ1n) is 7.84. The van der Waals surface area contributed by atoms with Crippen molar-refractivity contribution in [1.82, 2.24) is 10.6 Å². The topological polar surface area (TPSA) is 106 Å². The molecule has 0 aliphatic rings. The lowest BCUT2D eigenvalue weighted by Crippen LogP contribution is -2.40. The quantitative estimate of drug-likeness (QED) is 0.428. The highest BCUT2D eigenvalue weighted by molar-refractivity contribution is 7.89. The number of guanidine groups is 1. The van der Waals surface area contributed by atoms with Crippen molar-refractivity contribution < 1.29 is 26.3 Å². The highest BCUT2D eigenvalue weighted by atomic mass is 32.2. The molecule has 0 saturated carbocycles. The van der Waals surface area contributed by atoms with Crippen molar-refractivity contribution in [3.8, 4) is 0 Å². The van der Waals surface area contributed by atoms with Gasteiger partial charge in [0.1, 0.15) is 6.61 Å². The van der Waals surface area contributed by atoms with Crippen LogP contribution in [0.25, 0.3) is 0 Å². The number of primary sulfonamides is 1. The number of rotatable bonds is 9. The summed E-state index contributed by atoms with van der Waals surface area (Å²) in [6.07, 6.45) is -4.34. The monoisotopic (exact) mass is 396 g/mol. The molecule has 0 aliphatic carbocycles. The maximum atomic E-state index is 12.0. The first-order valence-corrected chi connectivity index (χ1v) is 9.55. The number of hydrogen-bond donors (Lipinski definition) is 3. The number of alkyl halides is 3. The molecule has 0 aromatic heterocycles. The zero-order valence-corrected chi connectivity index (χ0v) is 15.2. The molecule has 0 unspecified atom stereocenters. The molecule has 0 bridgehead atoms. The van der Waals surface area contributed by atoms with E-state index in [1.165, 1.54) is 0 Å². The summed E-state index contributed by atoms with van der Waals surface area (Å²) in [5, 5.41) is 10.8. The van der Waals surface area contributed by atoms with Gasteiger partial charge in [0.25, 0.3) is 0 Å². The molecule has 1 rings (SSSR count). The normalized spacial score (nSPS) is 12.9. The summed E-state index contributed by atoms with van der Waals surface area (Å²) >= 11 is 0. The lowest BCUT2D eigenvalue weighted by Gasteiger charge is -2.11. The minimum atomic E-state index is -4.34. The Morgan fingerprint density at radius 2 is 1.81 bits per heavy atom. The van der Waals surface area contributed by atoms with Crippen LogP contribution in [-0.4, -0.2) is 46.0 Å². The van der Waals surface area contributed by atoms with Crippen LogP contribution in [0.4, 0.5) is 13.2 Å². The van der Waals surface area contributed by atoms with Crippen LogP contribution < -0.4 is 15.8 Å². The highest BCUT2D eigenvalue weighted by Gasteiger charge is 2.27. The Balaban J connectivity index is 2.52. The van der Waals surface area contributed by atoms with E-state index >= 15 is 0 Å². The van der Waals surface area contributed by atoms with Crippen LogP contribution in [0.5, 0.6) is 0 Å². The van der Waals surface area contributed by atoms with E-state index in [0.29, 0.717) is 24.6 Å². The molecule has 1 aromatic rings. The molecular weight excluding hydrogens is 373 g/mol. The number of nitrogens with one attached hydrogen (secondary N) is 2. The van der Waals surface area contributed by atoms with E-state index in [-0.39, 0.29) is 18.9 Å². The summed E-state index contributed by atoms with van der Waals surface area (Å²) in [4.78, 5) is 4.31. The van der Waals surface area contributed by atoms with E-state index in [4.69, 9.17) is 5.14 Å². The van der Waals surface area contributed by atoms with Crippen molar-refractivity contribution in [1.29, 1.82) is 0 Å². The maximum Gasteiger partial charge on any atom is 0.411 e. The second-order valence-electron chi connectivity index (χ2n) is 5.41. The third-order valence-electron chi connectivity index (χ3n) is 3.00. The number of nitrogens with zero attached hydrogens (tertiary/aromatic N) is 1. The number of sulfonamides is 1. The Kier molecular flexibility index (Phi) is 8.82. The molecule has 148 valence electrons. The molecule has 0 radical (unpaired) electrons. The largest absolute Gasteiger partial charge is 0.411 e. The third-order valence-corrected chi connectivity index (χ3v) is 3.77. The number of halogens is 3. The summed E-state index contributed by atoms with van der Waals surface area (Å²) in [6, 6.07) is 6.82. The van der Waals surface area contributed by atoms with E-state index in [1.54, 1.807) is 24.3 Å². The van der Waals surface area contributed by atoms with E-state index in [1.807, 2.05) is 6.92 Å². The van der Waals surface area contributed by atoms with Gasteiger partial charge in [-0.1, -0.05) is 24.3 Å². The number of ether oxygens (including phenoxy) is 1. The zero-order chi connectivity index (χ0) is 19.6. The predicted octanol–water partition coefficient (Wildman–Crippen LogP) is 1.11. The van der Waals surface area contributed by atoms with E-state index in [2.05, 4.69) is 20.4 Å². The second-order valence-corrected chi connectivity index (χ2v) is 7.15. The summed E-state index contributed by atoms with van der Waals surface area (Å²) in [7, 11) is -3.55. The Hall–Kier alpha value is -1.85. The van der Waals surface area contributed by atoms with Crippen LogP contribution in [-0.2, 0) is 27.9 Å².